The Morgan fingerprint density at radius 2 is 1.55 bits per heavy atom. The number of rotatable bonds is 7. The van der Waals surface area contributed by atoms with Crippen LogP contribution in [0.15, 0.2) is 72.8 Å². The summed E-state index contributed by atoms with van der Waals surface area (Å²) in [6, 6.07) is 17.3. The maximum atomic E-state index is 13.9. The summed E-state index contributed by atoms with van der Waals surface area (Å²) in [4.78, 5) is 27.5. The molecule has 4 aromatic rings. The van der Waals surface area contributed by atoms with Gasteiger partial charge in [-0.2, -0.15) is 18.3 Å². The van der Waals surface area contributed by atoms with Crippen molar-refractivity contribution >= 4 is 35.1 Å². The SMILES string of the molecule is CC(C(=O)O)c1c(C(=O)N(C)C(C)c2ccc(C(F)(F)F)cc2)nn(-c2ccccc2Cl)c1-c1ccc(Cl)cc1. The Labute approximate surface area is 238 Å². The Kier molecular flexibility index (Phi) is 8.28. The van der Waals surface area contributed by atoms with Crippen molar-refractivity contribution in [2.24, 2.45) is 0 Å². The Balaban J connectivity index is 1.89. The molecule has 1 amide bonds. The predicted octanol–water partition coefficient (Wildman–Crippen LogP) is 7.89. The summed E-state index contributed by atoms with van der Waals surface area (Å²) in [6.07, 6.45) is -4.49. The number of carbonyl (C=O) groups excluding carboxylic acids is 1. The summed E-state index contributed by atoms with van der Waals surface area (Å²) in [5, 5.41) is 15.4. The molecule has 2 unspecified atom stereocenters. The van der Waals surface area contributed by atoms with Gasteiger partial charge in [-0.3, -0.25) is 9.59 Å². The zero-order chi connectivity index (χ0) is 29.4. The van der Waals surface area contributed by atoms with Crippen molar-refractivity contribution in [3.8, 4) is 16.9 Å². The largest absolute Gasteiger partial charge is 0.481 e. The van der Waals surface area contributed by atoms with Gasteiger partial charge in [0.25, 0.3) is 5.91 Å². The second-order valence-electron chi connectivity index (χ2n) is 9.25. The van der Waals surface area contributed by atoms with Crippen LogP contribution in [0.3, 0.4) is 0 Å². The molecule has 1 aromatic heterocycles. The number of benzene rings is 3. The molecule has 1 N–H and O–H groups in total. The summed E-state index contributed by atoms with van der Waals surface area (Å²) >= 11 is 12.6. The van der Waals surface area contributed by atoms with Crippen LogP contribution in [0.25, 0.3) is 16.9 Å². The van der Waals surface area contributed by atoms with E-state index in [1.807, 2.05) is 0 Å². The van der Waals surface area contributed by atoms with Crippen LogP contribution in [0, 0.1) is 0 Å². The molecule has 1 heterocycles. The molecule has 40 heavy (non-hydrogen) atoms. The Morgan fingerprint density at radius 1 is 0.950 bits per heavy atom. The standard InChI is InChI=1S/C29H24Cl2F3N3O3/c1-16(28(39)40)24-25(27(38)36(3)17(2)18-8-12-20(13-9-18)29(32,33)34)35-37(23-7-5-4-6-22(23)31)26(24)19-10-14-21(30)15-11-19/h4-17H,1-3H3,(H,39,40). The highest BCUT2D eigenvalue weighted by molar-refractivity contribution is 6.32. The zero-order valence-electron chi connectivity index (χ0n) is 21.6. The van der Waals surface area contributed by atoms with Crippen LogP contribution in [0.1, 0.15) is 53.0 Å². The number of para-hydroxylation sites is 1. The van der Waals surface area contributed by atoms with Crippen molar-refractivity contribution in [3.63, 3.8) is 0 Å². The third kappa shape index (κ3) is 5.71. The average Bonchev–Trinajstić information content (AvgIpc) is 3.31. The number of aromatic nitrogens is 2. The quantitative estimate of drug-likeness (QED) is 0.238. The summed E-state index contributed by atoms with van der Waals surface area (Å²) < 4.78 is 40.6. The van der Waals surface area contributed by atoms with Gasteiger partial charge in [0.15, 0.2) is 5.69 Å². The number of carboxylic acid groups (broad SMARTS) is 1. The Bertz CT molecular complexity index is 1550. The van der Waals surface area contributed by atoms with E-state index in [1.165, 1.54) is 35.7 Å². The van der Waals surface area contributed by atoms with Crippen LogP contribution in [0.2, 0.25) is 10.0 Å². The van der Waals surface area contributed by atoms with Crippen LogP contribution in [-0.2, 0) is 11.0 Å². The van der Waals surface area contributed by atoms with E-state index in [1.54, 1.807) is 55.5 Å². The van der Waals surface area contributed by atoms with E-state index in [-0.39, 0.29) is 11.3 Å². The Morgan fingerprint density at radius 3 is 2.10 bits per heavy atom. The minimum atomic E-state index is -4.49. The van der Waals surface area contributed by atoms with Gasteiger partial charge < -0.3 is 10.0 Å². The smallest absolute Gasteiger partial charge is 0.416 e. The molecule has 0 aliphatic rings. The topological polar surface area (TPSA) is 75.4 Å². The maximum absolute atomic E-state index is 13.9. The molecule has 0 saturated carbocycles. The lowest BCUT2D eigenvalue weighted by Crippen LogP contribution is -2.31. The first-order chi connectivity index (χ1) is 18.8. The van der Waals surface area contributed by atoms with Gasteiger partial charge in [-0.25, -0.2) is 4.68 Å². The average molecular weight is 590 g/mol. The summed E-state index contributed by atoms with van der Waals surface area (Å²) in [5.41, 5.74) is 1.01. The van der Waals surface area contributed by atoms with Crippen molar-refractivity contribution in [2.45, 2.75) is 32.0 Å². The van der Waals surface area contributed by atoms with Crippen LogP contribution >= 0.6 is 23.2 Å². The molecule has 2 atom stereocenters. The number of alkyl halides is 3. The number of carbonyl (C=O) groups is 2. The van der Waals surface area contributed by atoms with Gasteiger partial charge in [0.1, 0.15) is 0 Å². The van der Waals surface area contributed by atoms with Crippen molar-refractivity contribution in [1.82, 2.24) is 14.7 Å². The molecule has 0 fully saturated rings. The number of carboxylic acids is 1. The van der Waals surface area contributed by atoms with Gasteiger partial charge in [-0.05, 0) is 55.8 Å². The number of hydrogen-bond donors (Lipinski definition) is 1. The predicted molar refractivity (Wildman–Crippen MR) is 147 cm³/mol. The van der Waals surface area contributed by atoms with E-state index >= 15 is 0 Å². The number of amides is 1. The molecule has 0 bridgehead atoms. The molecule has 3 aromatic carbocycles. The summed E-state index contributed by atoms with van der Waals surface area (Å²) in [7, 11) is 1.48. The fourth-order valence-electron chi connectivity index (χ4n) is 4.32. The van der Waals surface area contributed by atoms with Crippen molar-refractivity contribution in [1.29, 1.82) is 0 Å². The van der Waals surface area contributed by atoms with Gasteiger partial charge in [0.05, 0.1) is 33.9 Å². The third-order valence-electron chi connectivity index (χ3n) is 6.75. The third-order valence-corrected chi connectivity index (χ3v) is 7.32. The van der Waals surface area contributed by atoms with Gasteiger partial charge in [-0.1, -0.05) is 59.6 Å². The fourth-order valence-corrected chi connectivity index (χ4v) is 4.66. The number of nitrogens with zero attached hydrogens (tertiary/aromatic N) is 3. The number of aliphatic carboxylic acids is 1. The van der Waals surface area contributed by atoms with Gasteiger partial charge in [0, 0.05) is 23.2 Å². The molecule has 0 aliphatic heterocycles. The minimum Gasteiger partial charge on any atom is -0.481 e. The molecular formula is C29H24Cl2F3N3O3. The lowest BCUT2D eigenvalue weighted by atomic mass is 9.94. The highest BCUT2D eigenvalue weighted by Gasteiger charge is 2.35. The first kappa shape index (κ1) is 29.2. The van der Waals surface area contributed by atoms with E-state index in [9.17, 15) is 27.9 Å². The fraction of sp³-hybridized carbons (Fsp3) is 0.207. The minimum absolute atomic E-state index is 0.124. The molecular weight excluding hydrogens is 566 g/mol. The second kappa shape index (κ2) is 11.3. The van der Waals surface area contributed by atoms with Gasteiger partial charge in [-0.15, -0.1) is 0 Å². The van der Waals surface area contributed by atoms with E-state index in [2.05, 4.69) is 5.10 Å². The van der Waals surface area contributed by atoms with E-state index in [0.717, 1.165) is 12.1 Å². The maximum Gasteiger partial charge on any atom is 0.416 e. The molecule has 11 heteroatoms. The van der Waals surface area contributed by atoms with Gasteiger partial charge >= 0.3 is 12.1 Å². The molecule has 0 saturated heterocycles. The highest BCUT2D eigenvalue weighted by atomic mass is 35.5. The van der Waals surface area contributed by atoms with E-state index < -0.39 is 35.6 Å². The van der Waals surface area contributed by atoms with Crippen molar-refractivity contribution in [2.75, 3.05) is 7.05 Å². The zero-order valence-corrected chi connectivity index (χ0v) is 23.1. The Hall–Kier alpha value is -3.82. The number of hydrogen-bond acceptors (Lipinski definition) is 3. The first-order valence-corrected chi connectivity index (χ1v) is 12.9. The van der Waals surface area contributed by atoms with Crippen LogP contribution in [0.5, 0.6) is 0 Å². The van der Waals surface area contributed by atoms with Crippen LogP contribution in [-0.4, -0.2) is 38.7 Å². The molecule has 208 valence electrons. The summed E-state index contributed by atoms with van der Waals surface area (Å²) in [5.74, 6) is -2.95. The molecule has 4 rings (SSSR count). The van der Waals surface area contributed by atoms with Crippen molar-refractivity contribution in [3.05, 3.63) is 105 Å². The molecule has 0 aliphatic carbocycles. The van der Waals surface area contributed by atoms with E-state index in [4.69, 9.17) is 23.2 Å². The van der Waals surface area contributed by atoms with Crippen LogP contribution in [0.4, 0.5) is 13.2 Å². The van der Waals surface area contributed by atoms with E-state index in [0.29, 0.717) is 32.6 Å². The first-order valence-electron chi connectivity index (χ1n) is 12.1. The van der Waals surface area contributed by atoms with Gasteiger partial charge in [0.2, 0.25) is 0 Å². The van der Waals surface area contributed by atoms with Crippen molar-refractivity contribution < 1.29 is 27.9 Å². The second-order valence-corrected chi connectivity index (χ2v) is 10.1. The normalized spacial score (nSPS) is 13.1. The highest BCUT2D eigenvalue weighted by Crippen LogP contribution is 2.38. The lowest BCUT2D eigenvalue weighted by molar-refractivity contribution is -0.138. The van der Waals surface area contributed by atoms with Crippen LogP contribution < -0.4 is 0 Å². The molecule has 0 spiro atoms. The summed E-state index contributed by atoms with van der Waals surface area (Å²) in [6.45, 7) is 3.11. The monoisotopic (exact) mass is 589 g/mol. The lowest BCUT2D eigenvalue weighted by Gasteiger charge is -2.25. The molecule has 0 radical (unpaired) electrons. The number of halogens is 5. The molecule has 6 nitrogen and oxygen atoms in total.